The SMILES string of the molecule is CC(C)(C)OC(=O)N(S(=O)[O-])C1(CF)CC1. The molecule has 5 nitrogen and oxygen atoms in total. The fourth-order valence-electron chi connectivity index (χ4n) is 1.25. The molecule has 1 aliphatic rings. The zero-order valence-corrected chi connectivity index (χ0v) is 10.3. The first-order valence-corrected chi connectivity index (χ1v) is 5.94. The van der Waals surface area contributed by atoms with Gasteiger partial charge in [0.25, 0.3) is 0 Å². The molecule has 0 heterocycles. The van der Waals surface area contributed by atoms with E-state index in [1.54, 1.807) is 20.8 Å². The van der Waals surface area contributed by atoms with Gasteiger partial charge in [0.15, 0.2) is 0 Å². The van der Waals surface area contributed by atoms with E-state index in [-0.39, 0.29) is 0 Å². The molecule has 0 radical (unpaired) electrons. The molecule has 1 rings (SSSR count). The Labute approximate surface area is 96.4 Å². The molecule has 1 atom stereocenters. The first kappa shape index (κ1) is 13.4. The van der Waals surface area contributed by atoms with E-state index >= 15 is 0 Å². The van der Waals surface area contributed by atoms with Gasteiger partial charge in [0, 0.05) is 0 Å². The Morgan fingerprint density at radius 1 is 1.56 bits per heavy atom. The van der Waals surface area contributed by atoms with Crippen molar-refractivity contribution >= 4 is 17.4 Å². The van der Waals surface area contributed by atoms with Gasteiger partial charge in [0.2, 0.25) is 0 Å². The Balaban J connectivity index is 2.80. The van der Waals surface area contributed by atoms with Gasteiger partial charge < -0.3 is 9.29 Å². The molecule has 0 aromatic carbocycles. The highest BCUT2D eigenvalue weighted by molar-refractivity contribution is 7.77. The summed E-state index contributed by atoms with van der Waals surface area (Å²) in [4.78, 5) is 11.6. The lowest BCUT2D eigenvalue weighted by molar-refractivity contribution is 0.0296. The van der Waals surface area contributed by atoms with Crippen LogP contribution in [0.25, 0.3) is 0 Å². The predicted octanol–water partition coefficient (Wildman–Crippen LogP) is 1.52. The van der Waals surface area contributed by atoms with Crippen LogP contribution in [0.3, 0.4) is 0 Å². The van der Waals surface area contributed by atoms with Gasteiger partial charge in [-0.1, -0.05) is 0 Å². The number of nitrogens with zero attached hydrogens (tertiary/aromatic N) is 1. The summed E-state index contributed by atoms with van der Waals surface area (Å²) in [6, 6.07) is 0. The molecule has 0 aromatic rings. The molecule has 0 bridgehead atoms. The van der Waals surface area contributed by atoms with Crippen LogP contribution < -0.4 is 0 Å². The minimum Gasteiger partial charge on any atom is -0.755 e. The Morgan fingerprint density at radius 2 is 2.06 bits per heavy atom. The zero-order chi connectivity index (χ0) is 12.6. The molecule has 16 heavy (non-hydrogen) atoms. The lowest BCUT2D eigenvalue weighted by Gasteiger charge is -2.33. The van der Waals surface area contributed by atoms with Crippen LogP contribution in [0.5, 0.6) is 0 Å². The molecule has 1 amide bonds. The third-order valence-corrected chi connectivity index (χ3v) is 3.05. The lowest BCUT2D eigenvalue weighted by atomic mass is 10.2. The van der Waals surface area contributed by atoms with Crippen LogP contribution in [0.4, 0.5) is 9.18 Å². The Morgan fingerprint density at radius 3 is 2.31 bits per heavy atom. The molecule has 7 heteroatoms. The van der Waals surface area contributed by atoms with E-state index in [9.17, 15) is 17.9 Å². The van der Waals surface area contributed by atoms with E-state index in [1.165, 1.54) is 0 Å². The second kappa shape index (κ2) is 4.29. The minimum atomic E-state index is -2.81. The summed E-state index contributed by atoms with van der Waals surface area (Å²) < 4.78 is 40.0. The van der Waals surface area contributed by atoms with Crippen LogP contribution in [-0.4, -0.2) is 37.0 Å². The van der Waals surface area contributed by atoms with E-state index in [2.05, 4.69) is 0 Å². The van der Waals surface area contributed by atoms with Crippen molar-refractivity contribution in [2.75, 3.05) is 6.67 Å². The Kier molecular flexibility index (Phi) is 3.59. The topological polar surface area (TPSA) is 69.7 Å². The molecule has 1 saturated carbocycles. The molecule has 0 saturated heterocycles. The van der Waals surface area contributed by atoms with Crippen LogP contribution in [0, 0.1) is 0 Å². The van der Waals surface area contributed by atoms with Crippen molar-refractivity contribution in [3.63, 3.8) is 0 Å². The van der Waals surface area contributed by atoms with Crippen molar-refractivity contribution in [2.24, 2.45) is 0 Å². The van der Waals surface area contributed by atoms with Gasteiger partial charge in [-0.3, -0.25) is 4.21 Å². The highest BCUT2D eigenvalue weighted by Crippen LogP contribution is 2.43. The number of ether oxygens (including phenoxy) is 1. The van der Waals surface area contributed by atoms with Crippen molar-refractivity contribution in [1.82, 2.24) is 4.31 Å². The molecule has 1 unspecified atom stereocenters. The van der Waals surface area contributed by atoms with Crippen molar-refractivity contribution in [2.45, 2.75) is 44.8 Å². The van der Waals surface area contributed by atoms with Gasteiger partial charge in [0.1, 0.15) is 12.3 Å². The summed E-state index contributed by atoms with van der Waals surface area (Å²) >= 11 is -2.81. The summed E-state index contributed by atoms with van der Waals surface area (Å²) in [5, 5.41) is 0. The number of amides is 1. The number of hydrogen-bond donors (Lipinski definition) is 0. The van der Waals surface area contributed by atoms with Gasteiger partial charge in [-0.15, -0.1) is 0 Å². The normalized spacial score (nSPS) is 20.1. The quantitative estimate of drug-likeness (QED) is 0.714. The van der Waals surface area contributed by atoms with Gasteiger partial charge in [-0.25, -0.2) is 13.5 Å². The second-order valence-corrected chi connectivity index (χ2v) is 5.65. The van der Waals surface area contributed by atoms with E-state index < -0.39 is 35.2 Å². The third-order valence-electron chi connectivity index (χ3n) is 2.22. The summed E-state index contributed by atoms with van der Waals surface area (Å²) in [6.45, 7) is 3.98. The summed E-state index contributed by atoms with van der Waals surface area (Å²) in [5.41, 5.74) is -2.00. The average Bonchev–Trinajstić information content (AvgIpc) is 2.81. The fourth-order valence-corrected chi connectivity index (χ4v) is 1.96. The second-order valence-electron chi connectivity index (χ2n) is 4.85. The van der Waals surface area contributed by atoms with E-state index in [1.807, 2.05) is 0 Å². The summed E-state index contributed by atoms with van der Waals surface area (Å²) in [6.07, 6.45) is -0.330. The van der Waals surface area contributed by atoms with Crippen molar-refractivity contribution < 1.29 is 22.7 Å². The number of rotatable bonds is 3. The molecule has 94 valence electrons. The zero-order valence-electron chi connectivity index (χ0n) is 9.49. The number of carbonyl (C=O) groups excluding carboxylic acids is 1. The van der Waals surface area contributed by atoms with E-state index in [0.717, 1.165) is 0 Å². The van der Waals surface area contributed by atoms with Crippen LogP contribution in [0.1, 0.15) is 33.6 Å². The molecule has 0 aliphatic heterocycles. The molecule has 1 aliphatic carbocycles. The molecular formula is C9H15FNO4S-. The first-order valence-electron chi connectivity index (χ1n) is 4.90. The van der Waals surface area contributed by atoms with Gasteiger partial charge in [-0.2, -0.15) is 0 Å². The van der Waals surface area contributed by atoms with Crippen molar-refractivity contribution in [1.29, 1.82) is 0 Å². The average molecular weight is 252 g/mol. The molecule has 0 spiro atoms. The van der Waals surface area contributed by atoms with Crippen LogP contribution in [-0.2, 0) is 16.0 Å². The minimum absolute atomic E-state index is 0.344. The number of carbonyl (C=O) groups is 1. The Hall–Kier alpha value is -0.690. The largest absolute Gasteiger partial charge is 0.755 e. The Bertz CT molecular complexity index is 311. The fraction of sp³-hybridized carbons (Fsp3) is 0.889. The van der Waals surface area contributed by atoms with Crippen LogP contribution in [0.15, 0.2) is 0 Å². The molecule has 0 N–H and O–H groups in total. The molecule has 0 aromatic heterocycles. The van der Waals surface area contributed by atoms with Gasteiger partial charge >= 0.3 is 6.09 Å². The van der Waals surface area contributed by atoms with Crippen LogP contribution >= 0.6 is 0 Å². The third kappa shape index (κ3) is 2.91. The summed E-state index contributed by atoms with van der Waals surface area (Å²) in [5.74, 6) is 0. The first-order chi connectivity index (χ1) is 7.22. The van der Waals surface area contributed by atoms with E-state index in [4.69, 9.17) is 4.74 Å². The smallest absolute Gasteiger partial charge is 0.422 e. The predicted molar refractivity (Wildman–Crippen MR) is 54.9 cm³/mol. The molecule has 1 fully saturated rings. The van der Waals surface area contributed by atoms with E-state index in [0.29, 0.717) is 17.1 Å². The monoisotopic (exact) mass is 252 g/mol. The van der Waals surface area contributed by atoms with Crippen LogP contribution in [0.2, 0.25) is 0 Å². The maximum atomic E-state index is 12.7. The number of halogens is 1. The van der Waals surface area contributed by atoms with Gasteiger partial charge in [0.05, 0.1) is 16.8 Å². The highest BCUT2D eigenvalue weighted by atomic mass is 32.2. The van der Waals surface area contributed by atoms with Gasteiger partial charge in [-0.05, 0) is 33.6 Å². The highest BCUT2D eigenvalue weighted by Gasteiger charge is 2.52. The summed E-state index contributed by atoms with van der Waals surface area (Å²) in [7, 11) is 0. The molecular weight excluding hydrogens is 237 g/mol. The lowest BCUT2D eigenvalue weighted by Crippen LogP contribution is -2.47. The standard InChI is InChI=1S/C9H16FNO4S/c1-8(2,3)15-7(12)11(16(13)14)9(6-10)4-5-9/h4-6H2,1-3H3,(H,13,14)/p-1. The maximum Gasteiger partial charge on any atom is 0.422 e. The number of hydrogen-bond acceptors (Lipinski definition) is 4. The van der Waals surface area contributed by atoms with Crippen molar-refractivity contribution in [3.8, 4) is 0 Å². The number of alkyl halides is 1. The maximum absolute atomic E-state index is 12.7. The van der Waals surface area contributed by atoms with Crippen molar-refractivity contribution in [3.05, 3.63) is 0 Å².